The van der Waals surface area contributed by atoms with Crippen LogP contribution in [-0.4, -0.2) is 13.6 Å². The molecule has 0 heterocycles. The monoisotopic (exact) mass is 297 g/mol. The molecule has 0 aliphatic heterocycles. The van der Waals surface area contributed by atoms with E-state index in [1.807, 2.05) is 7.05 Å². The second-order valence-electron chi connectivity index (χ2n) is 5.23. The van der Waals surface area contributed by atoms with Gasteiger partial charge in [-0.05, 0) is 56.0 Å². The van der Waals surface area contributed by atoms with E-state index in [1.165, 1.54) is 29.3 Å². The summed E-state index contributed by atoms with van der Waals surface area (Å²) >= 11 is 3.54. The quantitative estimate of drug-likeness (QED) is 0.793. The van der Waals surface area contributed by atoms with Crippen molar-refractivity contribution < 1.29 is 0 Å². The van der Waals surface area contributed by atoms with Crippen LogP contribution < -0.4 is 5.32 Å². The molecule has 0 amide bonds. The summed E-state index contributed by atoms with van der Waals surface area (Å²) in [5.41, 5.74) is 1.43. The van der Waals surface area contributed by atoms with Gasteiger partial charge in [0, 0.05) is 4.47 Å². The maximum absolute atomic E-state index is 3.54. The lowest BCUT2D eigenvalue weighted by atomic mass is 9.92. The number of rotatable bonds is 7. The lowest BCUT2D eigenvalue weighted by Crippen LogP contribution is -2.21. The van der Waals surface area contributed by atoms with Gasteiger partial charge in [0.05, 0.1) is 0 Å². The number of benzene rings is 1. The number of hydrogen-bond donors (Lipinski definition) is 1. The molecule has 1 atom stereocenters. The van der Waals surface area contributed by atoms with Gasteiger partial charge in [-0.2, -0.15) is 0 Å². The highest BCUT2D eigenvalue weighted by Gasteiger charge is 2.10. The molecule has 0 fully saturated rings. The third-order valence-corrected chi connectivity index (χ3v) is 3.55. The Morgan fingerprint density at radius 3 is 2.59 bits per heavy atom. The smallest absolute Gasteiger partial charge is 0.0177 e. The molecule has 1 rings (SSSR count). The van der Waals surface area contributed by atoms with Gasteiger partial charge in [-0.15, -0.1) is 0 Å². The van der Waals surface area contributed by atoms with E-state index in [-0.39, 0.29) is 0 Å². The maximum atomic E-state index is 3.54. The summed E-state index contributed by atoms with van der Waals surface area (Å²) < 4.78 is 1.18. The first-order valence-electron chi connectivity index (χ1n) is 6.51. The molecular weight excluding hydrogens is 274 g/mol. The third-order valence-electron chi connectivity index (χ3n) is 3.06. The molecule has 96 valence electrons. The van der Waals surface area contributed by atoms with Crippen LogP contribution in [0, 0.1) is 11.8 Å². The average molecular weight is 298 g/mol. The van der Waals surface area contributed by atoms with E-state index in [0.717, 1.165) is 18.4 Å². The van der Waals surface area contributed by atoms with Crippen molar-refractivity contribution in [1.82, 2.24) is 5.32 Å². The van der Waals surface area contributed by atoms with Crippen LogP contribution in [0.2, 0.25) is 0 Å². The van der Waals surface area contributed by atoms with Crippen molar-refractivity contribution in [3.05, 3.63) is 34.3 Å². The van der Waals surface area contributed by atoms with Gasteiger partial charge in [0.25, 0.3) is 0 Å². The first-order valence-corrected chi connectivity index (χ1v) is 7.30. The van der Waals surface area contributed by atoms with Crippen molar-refractivity contribution in [3.63, 3.8) is 0 Å². The number of halogens is 1. The largest absolute Gasteiger partial charge is 0.319 e. The van der Waals surface area contributed by atoms with Crippen LogP contribution in [0.3, 0.4) is 0 Å². The SMILES string of the molecule is CNCC(CCC(C)C)Cc1cccc(Br)c1. The molecular formula is C15H24BrN. The van der Waals surface area contributed by atoms with E-state index in [9.17, 15) is 0 Å². The summed E-state index contributed by atoms with van der Waals surface area (Å²) in [6.45, 7) is 5.71. The summed E-state index contributed by atoms with van der Waals surface area (Å²) in [5, 5.41) is 3.31. The third kappa shape index (κ3) is 6.23. The molecule has 0 saturated heterocycles. The molecule has 0 bridgehead atoms. The summed E-state index contributed by atoms with van der Waals surface area (Å²) in [5.74, 6) is 1.55. The van der Waals surface area contributed by atoms with Crippen molar-refractivity contribution in [2.24, 2.45) is 11.8 Å². The first kappa shape index (κ1) is 14.7. The topological polar surface area (TPSA) is 12.0 Å². The molecule has 0 aromatic heterocycles. The summed E-state index contributed by atoms with van der Waals surface area (Å²) in [6, 6.07) is 8.67. The zero-order chi connectivity index (χ0) is 12.7. The standard InChI is InChI=1S/C15H24BrN/c1-12(2)7-8-14(11-17-3)9-13-5-4-6-15(16)10-13/h4-6,10,12,14,17H,7-9,11H2,1-3H3. The van der Waals surface area contributed by atoms with Gasteiger partial charge in [-0.1, -0.05) is 48.3 Å². The molecule has 2 heteroatoms. The van der Waals surface area contributed by atoms with Gasteiger partial charge in [0.2, 0.25) is 0 Å². The van der Waals surface area contributed by atoms with Gasteiger partial charge >= 0.3 is 0 Å². The number of hydrogen-bond acceptors (Lipinski definition) is 1. The zero-order valence-corrected chi connectivity index (χ0v) is 12.8. The van der Waals surface area contributed by atoms with Crippen molar-refractivity contribution in [1.29, 1.82) is 0 Å². The van der Waals surface area contributed by atoms with E-state index >= 15 is 0 Å². The normalized spacial score (nSPS) is 13.0. The molecule has 1 N–H and O–H groups in total. The molecule has 1 nitrogen and oxygen atoms in total. The Labute approximate surface area is 114 Å². The van der Waals surface area contributed by atoms with Gasteiger partial charge in [-0.25, -0.2) is 0 Å². The van der Waals surface area contributed by atoms with Gasteiger partial charge < -0.3 is 5.32 Å². The van der Waals surface area contributed by atoms with Crippen LogP contribution in [0.4, 0.5) is 0 Å². The highest BCUT2D eigenvalue weighted by molar-refractivity contribution is 9.10. The lowest BCUT2D eigenvalue weighted by molar-refractivity contribution is 0.409. The van der Waals surface area contributed by atoms with E-state index in [0.29, 0.717) is 0 Å². The fourth-order valence-electron chi connectivity index (χ4n) is 2.13. The Hall–Kier alpha value is -0.340. The summed E-state index contributed by atoms with van der Waals surface area (Å²) in [6.07, 6.45) is 3.80. The Morgan fingerprint density at radius 1 is 1.24 bits per heavy atom. The minimum Gasteiger partial charge on any atom is -0.319 e. The minimum atomic E-state index is 0.747. The van der Waals surface area contributed by atoms with Crippen molar-refractivity contribution >= 4 is 15.9 Å². The van der Waals surface area contributed by atoms with Crippen LogP contribution in [0.25, 0.3) is 0 Å². The average Bonchev–Trinajstić information content (AvgIpc) is 2.26. The number of nitrogens with one attached hydrogen (secondary N) is 1. The van der Waals surface area contributed by atoms with Crippen LogP contribution in [0.5, 0.6) is 0 Å². The first-order chi connectivity index (χ1) is 8.11. The molecule has 17 heavy (non-hydrogen) atoms. The zero-order valence-electron chi connectivity index (χ0n) is 11.2. The Kier molecular flexibility index (Phi) is 6.83. The second kappa shape index (κ2) is 7.88. The van der Waals surface area contributed by atoms with E-state index < -0.39 is 0 Å². The van der Waals surface area contributed by atoms with Crippen LogP contribution in [0.15, 0.2) is 28.7 Å². The summed E-state index contributed by atoms with van der Waals surface area (Å²) in [4.78, 5) is 0. The Bertz CT molecular complexity index is 322. The fraction of sp³-hybridized carbons (Fsp3) is 0.600. The van der Waals surface area contributed by atoms with Crippen LogP contribution in [-0.2, 0) is 6.42 Å². The maximum Gasteiger partial charge on any atom is 0.0177 e. The molecule has 1 aromatic rings. The molecule has 0 aliphatic carbocycles. The fourth-order valence-corrected chi connectivity index (χ4v) is 2.58. The van der Waals surface area contributed by atoms with E-state index in [2.05, 4.69) is 59.4 Å². The Balaban J connectivity index is 2.53. The second-order valence-corrected chi connectivity index (χ2v) is 6.14. The molecule has 0 saturated carbocycles. The van der Waals surface area contributed by atoms with Crippen molar-refractivity contribution in [2.75, 3.05) is 13.6 Å². The van der Waals surface area contributed by atoms with E-state index in [4.69, 9.17) is 0 Å². The minimum absolute atomic E-state index is 0.747. The molecule has 1 unspecified atom stereocenters. The van der Waals surface area contributed by atoms with Crippen molar-refractivity contribution in [2.45, 2.75) is 33.1 Å². The predicted octanol–water partition coefficient (Wildman–Crippen LogP) is 4.26. The highest BCUT2D eigenvalue weighted by atomic mass is 79.9. The van der Waals surface area contributed by atoms with Crippen LogP contribution >= 0.6 is 15.9 Å². The van der Waals surface area contributed by atoms with Crippen LogP contribution in [0.1, 0.15) is 32.3 Å². The highest BCUT2D eigenvalue weighted by Crippen LogP contribution is 2.19. The van der Waals surface area contributed by atoms with Crippen molar-refractivity contribution in [3.8, 4) is 0 Å². The lowest BCUT2D eigenvalue weighted by Gasteiger charge is -2.18. The Morgan fingerprint density at radius 2 is 2.00 bits per heavy atom. The van der Waals surface area contributed by atoms with Gasteiger partial charge in [-0.3, -0.25) is 0 Å². The molecule has 0 aliphatic rings. The predicted molar refractivity (Wildman–Crippen MR) is 79.3 cm³/mol. The summed E-state index contributed by atoms with van der Waals surface area (Å²) in [7, 11) is 2.04. The van der Waals surface area contributed by atoms with E-state index in [1.54, 1.807) is 0 Å². The van der Waals surface area contributed by atoms with Gasteiger partial charge in [0.15, 0.2) is 0 Å². The molecule has 1 aromatic carbocycles. The van der Waals surface area contributed by atoms with Gasteiger partial charge in [0.1, 0.15) is 0 Å². The molecule has 0 radical (unpaired) electrons. The molecule has 0 spiro atoms.